The number of rotatable bonds is 4. The highest BCUT2D eigenvalue weighted by atomic mass is 35.5. The van der Waals surface area contributed by atoms with Gasteiger partial charge in [0.05, 0.1) is 5.02 Å². The van der Waals surface area contributed by atoms with Gasteiger partial charge in [-0.3, -0.25) is 9.59 Å². The second-order valence-corrected chi connectivity index (χ2v) is 6.23. The summed E-state index contributed by atoms with van der Waals surface area (Å²) < 4.78 is 5.25. The lowest BCUT2D eigenvalue weighted by Crippen LogP contribution is -2.44. The Morgan fingerprint density at radius 2 is 2.21 bits per heavy atom. The predicted molar refractivity (Wildman–Crippen MR) is 90.1 cm³/mol. The first-order valence-corrected chi connectivity index (χ1v) is 8.27. The second-order valence-electron chi connectivity index (χ2n) is 5.39. The van der Waals surface area contributed by atoms with E-state index >= 15 is 0 Å². The average molecular weight is 368 g/mol. The molecule has 2 amide bonds. The summed E-state index contributed by atoms with van der Waals surface area (Å²) in [4.78, 5) is 26.0. The van der Waals surface area contributed by atoms with E-state index < -0.39 is 6.04 Å². The van der Waals surface area contributed by atoms with Gasteiger partial charge in [-0.1, -0.05) is 28.4 Å². The Morgan fingerprint density at radius 3 is 2.83 bits per heavy atom. The maximum Gasteiger partial charge on any atom is 0.276 e. The first-order chi connectivity index (χ1) is 11.5. The van der Waals surface area contributed by atoms with E-state index in [4.69, 9.17) is 27.7 Å². The molecule has 0 spiro atoms. The van der Waals surface area contributed by atoms with Crippen molar-refractivity contribution in [3.8, 4) is 11.3 Å². The van der Waals surface area contributed by atoms with Gasteiger partial charge >= 0.3 is 0 Å². The number of aromatic nitrogens is 1. The summed E-state index contributed by atoms with van der Waals surface area (Å²) in [5.41, 5.74) is 0.729. The van der Waals surface area contributed by atoms with Crippen LogP contribution in [0.25, 0.3) is 11.3 Å². The van der Waals surface area contributed by atoms with Crippen LogP contribution in [0.1, 0.15) is 23.8 Å². The standard InChI is InChI=1S/C16H15Cl2N3O3/c1-2-21(13-5-6-19-15(13)22)16(23)12-8-14(24-20-12)10-4-3-9(17)7-11(10)18/h3-4,7-8,13H,2,5-6H2,1H3,(H,19,22). The normalized spacial score (nSPS) is 17.0. The molecule has 2 aromatic rings. The average Bonchev–Trinajstić information content (AvgIpc) is 3.18. The van der Waals surface area contributed by atoms with Gasteiger partial charge in [-0.25, -0.2) is 0 Å². The van der Waals surface area contributed by atoms with E-state index in [9.17, 15) is 9.59 Å². The lowest BCUT2D eigenvalue weighted by Gasteiger charge is -2.24. The molecule has 1 aromatic heterocycles. The number of halogens is 2. The first-order valence-electron chi connectivity index (χ1n) is 7.52. The van der Waals surface area contributed by atoms with E-state index in [0.717, 1.165) is 0 Å². The minimum Gasteiger partial charge on any atom is -0.355 e. The number of nitrogens with one attached hydrogen (secondary N) is 1. The number of carbonyl (C=O) groups is 2. The Hall–Kier alpha value is -2.05. The van der Waals surface area contributed by atoms with Gasteiger partial charge < -0.3 is 14.7 Å². The van der Waals surface area contributed by atoms with Crippen LogP contribution in [0.2, 0.25) is 10.0 Å². The van der Waals surface area contributed by atoms with Crippen molar-refractivity contribution in [2.75, 3.05) is 13.1 Å². The molecule has 0 aliphatic carbocycles. The number of likely N-dealkylation sites (N-methyl/N-ethyl adjacent to an activating group) is 1. The highest BCUT2D eigenvalue weighted by Crippen LogP contribution is 2.31. The van der Waals surface area contributed by atoms with Crippen molar-refractivity contribution in [2.24, 2.45) is 0 Å². The monoisotopic (exact) mass is 367 g/mol. The van der Waals surface area contributed by atoms with Crippen molar-refractivity contribution < 1.29 is 14.1 Å². The molecule has 24 heavy (non-hydrogen) atoms. The van der Waals surface area contributed by atoms with Gasteiger partial charge in [-0.15, -0.1) is 0 Å². The zero-order valence-electron chi connectivity index (χ0n) is 12.9. The minimum absolute atomic E-state index is 0.137. The number of nitrogens with zero attached hydrogens (tertiary/aromatic N) is 2. The van der Waals surface area contributed by atoms with Crippen LogP contribution in [0.4, 0.5) is 0 Å². The first kappa shape index (κ1) is 16.8. The number of hydrogen-bond donors (Lipinski definition) is 1. The summed E-state index contributed by atoms with van der Waals surface area (Å²) in [6, 6.07) is 6.01. The van der Waals surface area contributed by atoms with Gasteiger partial charge in [0.2, 0.25) is 5.91 Å². The van der Waals surface area contributed by atoms with Crippen LogP contribution in [-0.2, 0) is 4.79 Å². The van der Waals surface area contributed by atoms with Crippen LogP contribution in [0.15, 0.2) is 28.8 Å². The molecular formula is C16H15Cl2N3O3. The lowest BCUT2D eigenvalue weighted by atomic mass is 10.1. The molecule has 1 saturated heterocycles. The summed E-state index contributed by atoms with van der Waals surface area (Å²) in [5, 5.41) is 7.47. The highest BCUT2D eigenvalue weighted by molar-refractivity contribution is 6.36. The molecule has 1 N–H and O–H groups in total. The molecular weight excluding hydrogens is 353 g/mol. The minimum atomic E-state index is -0.471. The van der Waals surface area contributed by atoms with E-state index in [-0.39, 0.29) is 17.5 Å². The Labute approximate surface area is 148 Å². The highest BCUT2D eigenvalue weighted by Gasteiger charge is 2.34. The van der Waals surface area contributed by atoms with Gasteiger partial charge in [-0.2, -0.15) is 0 Å². The summed E-state index contributed by atoms with van der Waals surface area (Å²) in [5.74, 6) is -0.124. The second kappa shape index (κ2) is 6.83. The van der Waals surface area contributed by atoms with Crippen LogP contribution in [0, 0.1) is 0 Å². The van der Waals surface area contributed by atoms with Crippen molar-refractivity contribution in [1.82, 2.24) is 15.4 Å². The zero-order valence-corrected chi connectivity index (χ0v) is 14.4. The fourth-order valence-corrected chi connectivity index (χ4v) is 3.22. The summed E-state index contributed by atoms with van der Waals surface area (Å²) in [6.07, 6.45) is 0.589. The van der Waals surface area contributed by atoms with Gasteiger partial charge in [0.25, 0.3) is 5.91 Å². The van der Waals surface area contributed by atoms with Gasteiger partial charge in [0.15, 0.2) is 11.5 Å². The molecule has 1 aliphatic rings. The number of hydrogen-bond acceptors (Lipinski definition) is 4. The molecule has 1 aliphatic heterocycles. The van der Waals surface area contributed by atoms with Crippen LogP contribution < -0.4 is 5.32 Å². The molecule has 8 heteroatoms. The number of carbonyl (C=O) groups excluding carboxylic acids is 2. The molecule has 1 unspecified atom stereocenters. The molecule has 2 heterocycles. The van der Waals surface area contributed by atoms with Crippen LogP contribution >= 0.6 is 23.2 Å². The van der Waals surface area contributed by atoms with Gasteiger partial charge in [-0.05, 0) is 31.5 Å². The SMILES string of the molecule is CCN(C(=O)c1cc(-c2ccc(Cl)cc2Cl)on1)C1CCNC1=O. The van der Waals surface area contributed by atoms with Gasteiger partial charge in [0.1, 0.15) is 6.04 Å². The Balaban J connectivity index is 1.86. The maximum absolute atomic E-state index is 12.7. The molecule has 6 nitrogen and oxygen atoms in total. The maximum atomic E-state index is 12.7. The van der Waals surface area contributed by atoms with Crippen LogP contribution in [-0.4, -0.2) is 41.0 Å². The van der Waals surface area contributed by atoms with Crippen molar-refractivity contribution in [3.63, 3.8) is 0 Å². The van der Waals surface area contributed by atoms with E-state index in [0.29, 0.717) is 40.9 Å². The third-order valence-corrected chi connectivity index (χ3v) is 4.47. The molecule has 1 aromatic carbocycles. The Morgan fingerprint density at radius 1 is 1.42 bits per heavy atom. The quantitative estimate of drug-likeness (QED) is 0.900. The van der Waals surface area contributed by atoms with E-state index in [1.54, 1.807) is 18.2 Å². The van der Waals surface area contributed by atoms with Crippen molar-refractivity contribution in [3.05, 3.63) is 40.0 Å². The van der Waals surface area contributed by atoms with Gasteiger partial charge in [0, 0.05) is 29.7 Å². The fraction of sp³-hybridized carbons (Fsp3) is 0.312. The third-order valence-electron chi connectivity index (χ3n) is 3.92. The summed E-state index contributed by atoms with van der Waals surface area (Å²) in [7, 11) is 0. The molecule has 1 atom stereocenters. The molecule has 126 valence electrons. The lowest BCUT2D eigenvalue weighted by molar-refractivity contribution is -0.123. The Kier molecular flexibility index (Phi) is 4.78. The van der Waals surface area contributed by atoms with E-state index in [1.807, 2.05) is 6.92 Å². The summed E-state index contributed by atoms with van der Waals surface area (Å²) >= 11 is 12.0. The topological polar surface area (TPSA) is 75.4 Å². The van der Waals surface area contributed by atoms with E-state index in [1.165, 1.54) is 11.0 Å². The molecule has 0 radical (unpaired) electrons. The molecule has 1 fully saturated rings. The summed E-state index contributed by atoms with van der Waals surface area (Å²) in [6.45, 7) is 2.79. The van der Waals surface area contributed by atoms with E-state index in [2.05, 4.69) is 10.5 Å². The van der Waals surface area contributed by atoms with Crippen LogP contribution in [0.5, 0.6) is 0 Å². The molecule has 0 saturated carbocycles. The van der Waals surface area contributed by atoms with Crippen LogP contribution in [0.3, 0.4) is 0 Å². The zero-order chi connectivity index (χ0) is 17.3. The largest absolute Gasteiger partial charge is 0.355 e. The smallest absolute Gasteiger partial charge is 0.276 e. The third kappa shape index (κ3) is 3.12. The number of amides is 2. The molecule has 3 rings (SSSR count). The Bertz CT molecular complexity index is 791. The predicted octanol–water partition coefficient (Wildman–Crippen LogP) is 3.00. The molecule has 0 bridgehead atoms. The van der Waals surface area contributed by atoms with Crippen molar-refractivity contribution in [2.45, 2.75) is 19.4 Å². The van der Waals surface area contributed by atoms with Crippen molar-refractivity contribution >= 4 is 35.0 Å². The fourth-order valence-electron chi connectivity index (χ4n) is 2.72. The number of benzene rings is 1. The van der Waals surface area contributed by atoms with Crippen molar-refractivity contribution in [1.29, 1.82) is 0 Å².